The number of carbonyl (C=O) groups is 1. The molecule has 4 rings (SSSR count). The number of rotatable bonds is 4. The molecule has 2 saturated heterocycles. The molecule has 2 aromatic heterocycles. The summed E-state index contributed by atoms with van der Waals surface area (Å²) in [7, 11) is 0. The molecule has 2 fully saturated rings. The molecule has 1 atom stereocenters. The zero-order chi connectivity index (χ0) is 17.8. The zero-order valence-corrected chi connectivity index (χ0v) is 15.8. The highest BCUT2D eigenvalue weighted by Gasteiger charge is 2.31. The van der Waals surface area contributed by atoms with E-state index in [0.717, 1.165) is 64.5 Å². The minimum Gasteiger partial charge on any atom is -0.355 e. The number of amides is 1. The van der Waals surface area contributed by atoms with Crippen molar-refractivity contribution >= 4 is 23.1 Å². The maximum Gasteiger partial charge on any atom is 0.227 e. The smallest absolute Gasteiger partial charge is 0.227 e. The molecule has 1 amide bonds. The summed E-state index contributed by atoms with van der Waals surface area (Å²) >= 11 is 1.81. The van der Waals surface area contributed by atoms with Crippen LogP contribution in [0.3, 0.4) is 0 Å². The molecule has 4 heterocycles. The Labute approximate surface area is 158 Å². The van der Waals surface area contributed by atoms with Crippen LogP contribution in [-0.2, 0) is 11.3 Å². The van der Waals surface area contributed by atoms with Crippen LogP contribution in [0.2, 0.25) is 0 Å². The molecule has 138 valence electrons. The number of piperidine rings is 1. The highest BCUT2D eigenvalue weighted by Crippen LogP contribution is 2.23. The molecule has 0 saturated carbocycles. The first-order chi connectivity index (χ1) is 12.8. The second-order valence-corrected chi connectivity index (χ2v) is 8.06. The monoisotopic (exact) mass is 371 g/mol. The van der Waals surface area contributed by atoms with E-state index in [1.54, 1.807) is 29.9 Å². The third-order valence-electron chi connectivity index (χ3n) is 5.29. The van der Waals surface area contributed by atoms with Crippen LogP contribution >= 0.6 is 11.3 Å². The Bertz CT molecular complexity index is 700. The number of hydrogen-bond acceptors (Lipinski definition) is 6. The molecule has 7 heteroatoms. The van der Waals surface area contributed by atoms with E-state index in [0.29, 0.717) is 5.91 Å². The predicted octanol–water partition coefficient (Wildman–Crippen LogP) is 2.10. The van der Waals surface area contributed by atoms with Crippen LogP contribution in [0.4, 0.5) is 5.82 Å². The van der Waals surface area contributed by atoms with E-state index in [-0.39, 0.29) is 5.92 Å². The number of nitrogens with zero attached hydrogens (tertiary/aromatic N) is 5. The van der Waals surface area contributed by atoms with Gasteiger partial charge >= 0.3 is 0 Å². The summed E-state index contributed by atoms with van der Waals surface area (Å²) < 4.78 is 0. The maximum atomic E-state index is 13.0. The molecule has 6 nitrogen and oxygen atoms in total. The lowest BCUT2D eigenvalue weighted by molar-refractivity contribution is -0.137. The van der Waals surface area contributed by atoms with Crippen molar-refractivity contribution in [1.29, 1.82) is 0 Å². The van der Waals surface area contributed by atoms with Crippen LogP contribution in [0.5, 0.6) is 0 Å². The Balaban J connectivity index is 1.30. The van der Waals surface area contributed by atoms with Gasteiger partial charge in [-0.1, -0.05) is 6.07 Å². The second kappa shape index (κ2) is 8.14. The molecule has 2 aromatic rings. The standard InChI is InChI=1S/C19H25N5OS/c25-19(16-3-1-7-24(14-16)18-13-20-5-6-21-18)23-10-8-22(9-11-23)15-17-4-2-12-26-17/h2,4-6,12-13,16H,1,3,7-11,14-15H2. The van der Waals surface area contributed by atoms with Crippen LogP contribution in [-0.4, -0.2) is 64.9 Å². The molecule has 0 aromatic carbocycles. The van der Waals surface area contributed by atoms with Gasteiger partial charge < -0.3 is 9.80 Å². The predicted molar refractivity (Wildman–Crippen MR) is 103 cm³/mol. The Morgan fingerprint density at radius 1 is 1.19 bits per heavy atom. The number of hydrogen-bond donors (Lipinski definition) is 0. The number of aromatic nitrogens is 2. The van der Waals surface area contributed by atoms with Crippen LogP contribution in [0.1, 0.15) is 17.7 Å². The molecule has 1 unspecified atom stereocenters. The van der Waals surface area contributed by atoms with Gasteiger partial charge in [0.15, 0.2) is 0 Å². The minimum atomic E-state index is 0.0783. The Morgan fingerprint density at radius 2 is 2.08 bits per heavy atom. The van der Waals surface area contributed by atoms with E-state index in [4.69, 9.17) is 0 Å². The zero-order valence-electron chi connectivity index (χ0n) is 15.0. The molecule has 0 spiro atoms. The molecular weight excluding hydrogens is 346 g/mol. The lowest BCUT2D eigenvalue weighted by atomic mass is 9.96. The third kappa shape index (κ3) is 4.04. The van der Waals surface area contributed by atoms with Gasteiger partial charge in [-0.25, -0.2) is 4.98 Å². The van der Waals surface area contributed by atoms with Crippen molar-refractivity contribution in [2.24, 2.45) is 5.92 Å². The number of anilines is 1. The fourth-order valence-corrected chi connectivity index (χ4v) is 4.59. The maximum absolute atomic E-state index is 13.0. The number of carbonyl (C=O) groups excluding carboxylic acids is 1. The summed E-state index contributed by atoms with van der Waals surface area (Å²) in [6, 6.07) is 4.29. The van der Waals surface area contributed by atoms with Crippen molar-refractivity contribution in [2.45, 2.75) is 19.4 Å². The summed E-state index contributed by atoms with van der Waals surface area (Å²) in [5.41, 5.74) is 0. The molecule has 26 heavy (non-hydrogen) atoms. The summed E-state index contributed by atoms with van der Waals surface area (Å²) in [6.07, 6.45) is 7.20. The van der Waals surface area contributed by atoms with Crippen molar-refractivity contribution in [3.63, 3.8) is 0 Å². The van der Waals surface area contributed by atoms with E-state index >= 15 is 0 Å². The van der Waals surface area contributed by atoms with Gasteiger partial charge in [-0.2, -0.15) is 0 Å². The normalized spacial score (nSPS) is 21.8. The average molecular weight is 372 g/mol. The molecule has 0 radical (unpaired) electrons. The Kier molecular flexibility index (Phi) is 5.45. The third-order valence-corrected chi connectivity index (χ3v) is 6.15. The minimum absolute atomic E-state index is 0.0783. The Morgan fingerprint density at radius 3 is 2.81 bits per heavy atom. The van der Waals surface area contributed by atoms with Crippen LogP contribution < -0.4 is 4.90 Å². The fourth-order valence-electron chi connectivity index (χ4n) is 3.85. The highest BCUT2D eigenvalue weighted by molar-refractivity contribution is 7.09. The van der Waals surface area contributed by atoms with Gasteiger partial charge in [-0.15, -0.1) is 11.3 Å². The first-order valence-corrected chi connectivity index (χ1v) is 10.2. The lowest BCUT2D eigenvalue weighted by Gasteiger charge is -2.39. The highest BCUT2D eigenvalue weighted by atomic mass is 32.1. The quantitative estimate of drug-likeness (QED) is 0.824. The Hall–Kier alpha value is -1.99. The topological polar surface area (TPSA) is 52.6 Å². The lowest BCUT2D eigenvalue weighted by Crippen LogP contribution is -2.52. The van der Waals surface area contributed by atoms with Crippen molar-refractivity contribution in [3.05, 3.63) is 41.0 Å². The van der Waals surface area contributed by atoms with Gasteiger partial charge in [0.05, 0.1) is 12.1 Å². The number of thiophene rings is 1. The van der Waals surface area contributed by atoms with Gasteiger partial charge in [0.2, 0.25) is 5.91 Å². The summed E-state index contributed by atoms with van der Waals surface area (Å²) in [4.78, 5) is 29.7. The van der Waals surface area contributed by atoms with E-state index in [1.165, 1.54) is 4.88 Å². The van der Waals surface area contributed by atoms with Gasteiger partial charge in [-0.3, -0.25) is 14.7 Å². The largest absolute Gasteiger partial charge is 0.355 e. The van der Waals surface area contributed by atoms with Gasteiger partial charge in [0, 0.05) is 63.1 Å². The molecule has 2 aliphatic heterocycles. The summed E-state index contributed by atoms with van der Waals surface area (Å²) in [5, 5.41) is 2.13. The van der Waals surface area contributed by atoms with Crippen LogP contribution in [0, 0.1) is 5.92 Å². The van der Waals surface area contributed by atoms with E-state index in [2.05, 4.69) is 42.2 Å². The van der Waals surface area contributed by atoms with Crippen molar-refractivity contribution in [1.82, 2.24) is 19.8 Å². The molecule has 0 N–H and O–H groups in total. The van der Waals surface area contributed by atoms with Crippen molar-refractivity contribution in [2.75, 3.05) is 44.2 Å². The number of piperazine rings is 1. The fraction of sp³-hybridized carbons (Fsp3) is 0.526. The van der Waals surface area contributed by atoms with E-state index in [1.807, 2.05) is 0 Å². The summed E-state index contributed by atoms with van der Waals surface area (Å²) in [5.74, 6) is 1.27. The van der Waals surface area contributed by atoms with Gasteiger partial charge in [0.1, 0.15) is 5.82 Å². The van der Waals surface area contributed by atoms with E-state index in [9.17, 15) is 4.79 Å². The average Bonchev–Trinajstić information content (AvgIpc) is 3.22. The summed E-state index contributed by atoms with van der Waals surface area (Å²) in [6.45, 7) is 6.32. The van der Waals surface area contributed by atoms with Crippen LogP contribution in [0.25, 0.3) is 0 Å². The van der Waals surface area contributed by atoms with Gasteiger partial charge in [0.25, 0.3) is 0 Å². The van der Waals surface area contributed by atoms with Crippen LogP contribution in [0.15, 0.2) is 36.1 Å². The SMILES string of the molecule is O=C(C1CCCN(c2cnccn2)C1)N1CCN(Cc2cccs2)CC1. The first kappa shape index (κ1) is 17.4. The molecule has 0 aliphatic carbocycles. The molecule has 2 aliphatic rings. The van der Waals surface area contributed by atoms with Gasteiger partial charge in [-0.05, 0) is 24.3 Å². The molecule has 0 bridgehead atoms. The van der Waals surface area contributed by atoms with E-state index < -0.39 is 0 Å². The van der Waals surface area contributed by atoms with Crippen molar-refractivity contribution in [3.8, 4) is 0 Å². The second-order valence-electron chi connectivity index (χ2n) is 7.03. The first-order valence-electron chi connectivity index (χ1n) is 9.34. The van der Waals surface area contributed by atoms with Crippen molar-refractivity contribution < 1.29 is 4.79 Å². The molecular formula is C19H25N5OS.